The van der Waals surface area contributed by atoms with Crippen molar-refractivity contribution in [1.29, 1.82) is 0 Å². The molecule has 8 heteroatoms. The Bertz CT molecular complexity index is 1150. The Morgan fingerprint density at radius 3 is 2.00 bits per heavy atom. The highest BCUT2D eigenvalue weighted by Crippen LogP contribution is 2.58. The quantitative estimate of drug-likeness (QED) is 0.155. The Hall–Kier alpha value is -1.96. The van der Waals surface area contributed by atoms with E-state index in [0.29, 0.717) is 37.1 Å². The molecule has 0 bridgehead atoms. The number of hydrogen-bond acceptors (Lipinski definition) is 4. The standard InChI is InChI=1S/C29H39Cl2N2O4/c1-8-21-14-11-13-20(4)25(21)32(27(35)29(31)18-28(29,5)37-7)33(19-36-6,24(34)17-30)26-22(9-2)15-12-16-23(26)10-3/h11-16H,8-10,17-19H2,1-7H3/q+1. The summed E-state index contributed by atoms with van der Waals surface area (Å²) in [5.41, 5.74) is 4.12. The third-order valence-corrected chi connectivity index (χ3v) is 8.63. The number of carbonyl (C=O) groups excluding carboxylic acids is 2. The van der Waals surface area contributed by atoms with E-state index in [0.717, 1.165) is 22.3 Å². The Labute approximate surface area is 231 Å². The van der Waals surface area contributed by atoms with Gasteiger partial charge in [0.05, 0.1) is 5.60 Å². The molecule has 0 spiro atoms. The first-order chi connectivity index (χ1) is 17.6. The van der Waals surface area contributed by atoms with Crippen LogP contribution in [0.5, 0.6) is 0 Å². The van der Waals surface area contributed by atoms with E-state index in [2.05, 4.69) is 0 Å². The Morgan fingerprint density at radius 2 is 1.54 bits per heavy atom. The largest absolute Gasteiger partial charge is 0.376 e. The Morgan fingerprint density at radius 1 is 1.00 bits per heavy atom. The first-order valence-electron chi connectivity index (χ1n) is 12.8. The third-order valence-electron chi connectivity index (χ3n) is 7.71. The highest BCUT2D eigenvalue weighted by molar-refractivity contribution is 6.41. The monoisotopic (exact) mass is 549 g/mol. The lowest BCUT2D eigenvalue weighted by Crippen LogP contribution is -2.71. The highest BCUT2D eigenvalue weighted by atomic mass is 35.5. The number of anilines is 1. The molecule has 0 radical (unpaired) electrons. The van der Waals surface area contributed by atoms with Gasteiger partial charge in [0.25, 0.3) is 5.91 Å². The van der Waals surface area contributed by atoms with Crippen LogP contribution in [0.25, 0.3) is 0 Å². The van der Waals surface area contributed by atoms with Crippen molar-refractivity contribution in [2.24, 2.45) is 0 Å². The number of para-hydroxylation sites is 2. The number of benzene rings is 2. The van der Waals surface area contributed by atoms with E-state index in [1.165, 1.54) is 7.11 Å². The molecule has 1 aliphatic carbocycles. The summed E-state index contributed by atoms with van der Waals surface area (Å²) in [6.07, 6.45) is 2.27. The molecule has 1 aliphatic rings. The van der Waals surface area contributed by atoms with Gasteiger partial charge in [0, 0.05) is 31.8 Å². The van der Waals surface area contributed by atoms with Gasteiger partial charge >= 0.3 is 5.91 Å². The summed E-state index contributed by atoms with van der Waals surface area (Å²) in [7, 11) is 3.08. The molecular weight excluding hydrogens is 511 g/mol. The highest BCUT2D eigenvalue weighted by Gasteiger charge is 2.73. The lowest BCUT2D eigenvalue weighted by Gasteiger charge is -2.45. The van der Waals surface area contributed by atoms with Gasteiger partial charge < -0.3 is 9.47 Å². The molecule has 0 heterocycles. The number of quaternary nitrogens is 1. The van der Waals surface area contributed by atoms with Crippen molar-refractivity contribution in [2.45, 2.75) is 70.8 Å². The first-order valence-corrected chi connectivity index (χ1v) is 13.7. The van der Waals surface area contributed by atoms with Crippen LogP contribution < -0.4 is 9.60 Å². The molecule has 0 saturated heterocycles. The van der Waals surface area contributed by atoms with Crippen LogP contribution >= 0.6 is 23.2 Å². The Balaban J connectivity index is 2.54. The molecule has 0 aromatic heterocycles. The van der Waals surface area contributed by atoms with Gasteiger partial charge in [0.2, 0.25) is 6.73 Å². The van der Waals surface area contributed by atoms with Crippen LogP contribution in [0.2, 0.25) is 0 Å². The zero-order chi connectivity index (χ0) is 27.6. The number of amides is 2. The molecule has 2 aromatic carbocycles. The fraction of sp³-hybridized carbons (Fsp3) is 0.517. The number of carbonyl (C=O) groups is 2. The normalized spacial score (nSPS) is 22.4. The summed E-state index contributed by atoms with van der Waals surface area (Å²) in [6, 6.07) is 11.8. The molecule has 3 unspecified atom stereocenters. The molecular formula is C29H39Cl2N2O4+. The van der Waals surface area contributed by atoms with E-state index in [9.17, 15) is 9.59 Å². The van der Waals surface area contributed by atoms with Gasteiger partial charge in [-0.25, -0.2) is 4.79 Å². The number of nitrogens with zero attached hydrogens (tertiary/aromatic N) is 2. The fourth-order valence-electron chi connectivity index (χ4n) is 5.37. The third kappa shape index (κ3) is 4.72. The minimum Gasteiger partial charge on any atom is -0.376 e. The first kappa shape index (κ1) is 29.6. The molecule has 0 aliphatic heterocycles. The van der Waals surface area contributed by atoms with E-state index in [4.69, 9.17) is 32.7 Å². The maximum absolute atomic E-state index is 14.8. The zero-order valence-corrected chi connectivity index (χ0v) is 24.5. The second-order valence-corrected chi connectivity index (χ2v) is 10.7. The summed E-state index contributed by atoms with van der Waals surface area (Å²) < 4.78 is 10.9. The van der Waals surface area contributed by atoms with Gasteiger partial charge in [-0.2, -0.15) is 0 Å². The van der Waals surface area contributed by atoms with Crippen LogP contribution in [0.15, 0.2) is 36.4 Å². The van der Waals surface area contributed by atoms with Crippen LogP contribution in [-0.4, -0.2) is 49.1 Å². The van der Waals surface area contributed by atoms with Gasteiger partial charge in [0.1, 0.15) is 11.6 Å². The van der Waals surface area contributed by atoms with Crippen molar-refractivity contribution >= 4 is 46.4 Å². The van der Waals surface area contributed by atoms with Gasteiger partial charge in [0.15, 0.2) is 10.6 Å². The minimum atomic E-state index is -1.35. The van der Waals surface area contributed by atoms with Crippen molar-refractivity contribution in [2.75, 3.05) is 31.8 Å². The van der Waals surface area contributed by atoms with Gasteiger partial charge in [-0.15, -0.1) is 28.2 Å². The van der Waals surface area contributed by atoms with E-state index in [-0.39, 0.29) is 18.5 Å². The molecule has 3 rings (SSSR count). The maximum atomic E-state index is 14.8. The summed E-state index contributed by atoms with van der Waals surface area (Å²) in [4.78, 5) is 27.7. The molecule has 202 valence electrons. The van der Waals surface area contributed by atoms with Crippen LogP contribution in [0, 0.1) is 6.92 Å². The number of methoxy groups -OCH3 is 2. The molecule has 1 fully saturated rings. The average Bonchev–Trinajstić information content (AvgIpc) is 3.49. The number of rotatable bonds is 10. The lowest BCUT2D eigenvalue weighted by atomic mass is 10.00. The fourth-order valence-corrected chi connectivity index (χ4v) is 5.98. The van der Waals surface area contributed by atoms with E-state index < -0.39 is 21.0 Å². The van der Waals surface area contributed by atoms with Crippen molar-refractivity contribution in [1.82, 2.24) is 4.59 Å². The summed E-state index contributed by atoms with van der Waals surface area (Å²) in [6.45, 7) is 9.73. The molecule has 0 N–H and O–H groups in total. The molecule has 2 amide bonds. The van der Waals surface area contributed by atoms with Crippen molar-refractivity contribution in [3.63, 3.8) is 0 Å². The van der Waals surface area contributed by atoms with Gasteiger partial charge in [-0.05, 0) is 44.2 Å². The van der Waals surface area contributed by atoms with Crippen LogP contribution in [0.4, 0.5) is 11.4 Å². The summed E-state index contributed by atoms with van der Waals surface area (Å²) >= 11 is 13.4. The minimum absolute atomic E-state index is 0.130. The molecule has 3 atom stereocenters. The number of alkyl halides is 2. The predicted molar refractivity (Wildman–Crippen MR) is 151 cm³/mol. The van der Waals surface area contributed by atoms with Crippen LogP contribution in [0.3, 0.4) is 0 Å². The van der Waals surface area contributed by atoms with Gasteiger partial charge in [-0.1, -0.05) is 61.8 Å². The number of halogens is 2. The second-order valence-electron chi connectivity index (χ2n) is 9.81. The van der Waals surface area contributed by atoms with E-state index >= 15 is 0 Å². The molecule has 6 nitrogen and oxygen atoms in total. The number of hydrogen-bond donors (Lipinski definition) is 0. The van der Waals surface area contributed by atoms with Crippen molar-refractivity contribution in [3.05, 3.63) is 58.7 Å². The topological polar surface area (TPSA) is 55.8 Å². The summed E-state index contributed by atoms with van der Waals surface area (Å²) in [5, 5.41) is 1.56. The van der Waals surface area contributed by atoms with Crippen molar-refractivity contribution in [3.8, 4) is 0 Å². The lowest BCUT2D eigenvalue weighted by molar-refractivity contribution is -0.139. The molecule has 1 saturated carbocycles. The van der Waals surface area contributed by atoms with E-state index in [1.54, 1.807) is 12.1 Å². The predicted octanol–water partition coefficient (Wildman–Crippen LogP) is 6.09. The second kappa shape index (κ2) is 11.4. The molecule has 37 heavy (non-hydrogen) atoms. The van der Waals surface area contributed by atoms with E-state index in [1.807, 2.05) is 71.0 Å². The Kier molecular flexibility index (Phi) is 9.14. The van der Waals surface area contributed by atoms with Crippen molar-refractivity contribution < 1.29 is 19.1 Å². The van der Waals surface area contributed by atoms with Gasteiger partial charge in [-0.3, -0.25) is 4.79 Å². The SMILES string of the molecule is CCc1cccc(C)c1N(C(=O)C1(Cl)CC1(C)OC)[N+](COC)(C(=O)CCl)c1c(CC)cccc1CC. The number of aryl methyl sites for hydroxylation is 4. The number of ether oxygens (including phenoxy) is 2. The van der Waals surface area contributed by atoms with Crippen LogP contribution in [-0.2, 0) is 38.3 Å². The van der Waals surface area contributed by atoms with Crippen LogP contribution in [0.1, 0.15) is 56.4 Å². The zero-order valence-electron chi connectivity index (χ0n) is 23.0. The smallest absolute Gasteiger partial charge is 0.360 e. The average molecular weight is 551 g/mol. The maximum Gasteiger partial charge on any atom is 0.360 e. The molecule has 2 aromatic rings. The summed E-state index contributed by atoms with van der Waals surface area (Å²) in [5.74, 6) is -1.11.